The number of benzene rings is 1. The van der Waals surface area contributed by atoms with Crippen LogP contribution < -0.4 is 4.72 Å². The molecule has 0 saturated carbocycles. The van der Waals surface area contributed by atoms with Crippen molar-refractivity contribution in [3.05, 3.63) is 57.3 Å². The maximum Gasteiger partial charge on any atom is 0.240 e. The Labute approximate surface area is 161 Å². The van der Waals surface area contributed by atoms with Crippen LogP contribution in [0.3, 0.4) is 0 Å². The zero-order chi connectivity index (χ0) is 18.6. The van der Waals surface area contributed by atoms with Gasteiger partial charge in [-0.05, 0) is 61.4 Å². The number of hydrogen-bond donors (Lipinski definition) is 1. The fraction of sp³-hybridized carbons (Fsp3) is 0.278. The first kappa shape index (κ1) is 19.3. The van der Waals surface area contributed by atoms with Gasteiger partial charge in [0.05, 0.1) is 15.3 Å². The Bertz CT molecular complexity index is 898. The fourth-order valence-electron chi connectivity index (χ4n) is 2.56. The minimum Gasteiger partial charge on any atom is -0.377 e. The van der Waals surface area contributed by atoms with E-state index in [0.717, 1.165) is 17.7 Å². The summed E-state index contributed by atoms with van der Waals surface area (Å²) in [5.74, 6) is -0.203. The average molecular weight is 412 g/mol. The van der Waals surface area contributed by atoms with Gasteiger partial charge in [0.1, 0.15) is 0 Å². The summed E-state index contributed by atoms with van der Waals surface area (Å²) in [6, 6.07) is 9.47. The molecule has 1 N–H and O–H groups in total. The number of carbonyl (C=O) groups excluding carboxylic acids is 1. The first-order chi connectivity index (χ1) is 12.4. The maximum atomic E-state index is 12.3. The summed E-state index contributed by atoms with van der Waals surface area (Å²) in [7, 11) is -3.62. The number of carbonyl (C=O) groups is 1. The van der Waals surface area contributed by atoms with Crippen LogP contribution in [0.5, 0.6) is 0 Å². The molecular weight excluding hydrogens is 394 g/mol. The summed E-state index contributed by atoms with van der Waals surface area (Å²) in [5, 5.41) is 0. The molecule has 0 bridgehead atoms. The van der Waals surface area contributed by atoms with E-state index in [1.807, 2.05) is 6.07 Å². The Kier molecular flexibility index (Phi) is 6.26. The number of hydrogen-bond acceptors (Lipinski definition) is 5. The van der Waals surface area contributed by atoms with Gasteiger partial charge in [0.25, 0.3) is 0 Å². The number of halogens is 1. The molecule has 1 aliphatic heterocycles. The summed E-state index contributed by atoms with van der Waals surface area (Å²) < 4.78 is 33.2. The van der Waals surface area contributed by atoms with Crippen LogP contribution in [0.25, 0.3) is 6.08 Å². The molecule has 1 aromatic carbocycles. The number of allylic oxidation sites excluding steroid dienone is 1. The third-order valence-corrected chi connectivity index (χ3v) is 6.60. The molecule has 1 aliphatic rings. The van der Waals surface area contributed by atoms with Gasteiger partial charge < -0.3 is 4.74 Å². The number of ether oxygens (including phenoxy) is 1. The van der Waals surface area contributed by atoms with E-state index in [1.54, 1.807) is 12.1 Å². The molecule has 3 rings (SSSR count). The van der Waals surface area contributed by atoms with Crippen LogP contribution in [-0.2, 0) is 14.8 Å². The molecule has 8 heteroatoms. The van der Waals surface area contributed by atoms with E-state index in [2.05, 4.69) is 4.72 Å². The molecule has 2 aromatic rings. The molecule has 5 nitrogen and oxygen atoms in total. The Hall–Kier alpha value is -1.51. The molecule has 0 amide bonds. The monoisotopic (exact) mass is 411 g/mol. The Morgan fingerprint density at radius 2 is 2.04 bits per heavy atom. The minimum atomic E-state index is -3.62. The van der Waals surface area contributed by atoms with Crippen LogP contribution in [0, 0.1) is 0 Å². The van der Waals surface area contributed by atoms with Crippen molar-refractivity contribution >= 4 is 44.8 Å². The highest BCUT2D eigenvalue weighted by Crippen LogP contribution is 2.22. The first-order valence-corrected chi connectivity index (χ1v) is 10.8. The normalized spacial score (nSPS) is 17.8. The molecule has 0 spiro atoms. The highest BCUT2D eigenvalue weighted by Gasteiger charge is 2.20. The van der Waals surface area contributed by atoms with E-state index in [0.29, 0.717) is 16.5 Å². The molecular formula is C18H18ClNO4S2. The summed E-state index contributed by atoms with van der Waals surface area (Å²) >= 11 is 7.22. The lowest BCUT2D eigenvalue weighted by Crippen LogP contribution is -2.31. The van der Waals surface area contributed by atoms with E-state index in [4.69, 9.17) is 16.3 Å². The lowest BCUT2D eigenvalue weighted by Gasteiger charge is -2.11. The zero-order valence-electron chi connectivity index (χ0n) is 13.9. The van der Waals surface area contributed by atoms with E-state index >= 15 is 0 Å². The standard InChI is InChI=1S/C18H18ClNO4S2/c19-18-10-6-15(25-18)5-9-17(21)13-3-7-16(8-4-13)26(22,23)20-12-14-2-1-11-24-14/h3-10,14,20H,1-2,11-12H2/b9-5+. The Morgan fingerprint density at radius 3 is 2.65 bits per heavy atom. The molecule has 0 radical (unpaired) electrons. The summed E-state index contributed by atoms with van der Waals surface area (Å²) in [6.45, 7) is 0.934. The van der Waals surface area contributed by atoms with Crippen LogP contribution in [0.2, 0.25) is 4.34 Å². The predicted octanol–water partition coefficient (Wildman–Crippen LogP) is 3.75. The van der Waals surface area contributed by atoms with Gasteiger partial charge in [-0.1, -0.05) is 11.6 Å². The van der Waals surface area contributed by atoms with Crippen molar-refractivity contribution in [2.24, 2.45) is 0 Å². The lowest BCUT2D eigenvalue weighted by atomic mass is 10.1. The van der Waals surface area contributed by atoms with E-state index < -0.39 is 10.0 Å². The second kappa shape index (κ2) is 8.45. The van der Waals surface area contributed by atoms with Crippen LogP contribution in [-0.4, -0.2) is 33.5 Å². The van der Waals surface area contributed by atoms with Gasteiger partial charge in [0, 0.05) is 23.6 Å². The smallest absolute Gasteiger partial charge is 0.240 e. The second-order valence-corrected chi connectivity index (χ2v) is 9.36. The summed E-state index contributed by atoms with van der Waals surface area (Å²) in [4.78, 5) is 13.2. The highest BCUT2D eigenvalue weighted by molar-refractivity contribution is 7.89. The third kappa shape index (κ3) is 5.02. The maximum absolute atomic E-state index is 12.3. The zero-order valence-corrected chi connectivity index (χ0v) is 16.2. The van der Waals surface area contributed by atoms with Crippen molar-refractivity contribution in [2.75, 3.05) is 13.2 Å². The van der Waals surface area contributed by atoms with Gasteiger partial charge in [-0.25, -0.2) is 13.1 Å². The molecule has 1 unspecified atom stereocenters. The first-order valence-electron chi connectivity index (χ1n) is 8.13. The quantitative estimate of drug-likeness (QED) is 0.556. The SMILES string of the molecule is O=C(/C=C/c1ccc(Cl)s1)c1ccc(S(=O)(=O)NCC2CCCO2)cc1. The van der Waals surface area contributed by atoms with Crippen molar-refractivity contribution in [3.63, 3.8) is 0 Å². The number of thiophene rings is 1. The van der Waals surface area contributed by atoms with Crippen molar-refractivity contribution in [2.45, 2.75) is 23.8 Å². The molecule has 1 aromatic heterocycles. The largest absolute Gasteiger partial charge is 0.377 e. The van der Waals surface area contributed by atoms with Gasteiger partial charge in [-0.15, -0.1) is 11.3 Å². The number of nitrogens with one attached hydrogen (secondary N) is 1. The summed E-state index contributed by atoms with van der Waals surface area (Å²) in [6.07, 6.45) is 4.88. The molecule has 138 valence electrons. The Balaban J connectivity index is 1.63. The van der Waals surface area contributed by atoms with E-state index in [1.165, 1.54) is 41.7 Å². The fourth-order valence-corrected chi connectivity index (χ4v) is 4.59. The van der Waals surface area contributed by atoms with Crippen molar-refractivity contribution in [1.82, 2.24) is 4.72 Å². The molecule has 1 atom stereocenters. The lowest BCUT2D eigenvalue weighted by molar-refractivity contribution is 0.104. The topological polar surface area (TPSA) is 72.5 Å². The van der Waals surface area contributed by atoms with Crippen LogP contribution in [0.4, 0.5) is 0 Å². The van der Waals surface area contributed by atoms with E-state index in [-0.39, 0.29) is 23.3 Å². The number of sulfonamides is 1. The van der Waals surface area contributed by atoms with Gasteiger partial charge >= 0.3 is 0 Å². The van der Waals surface area contributed by atoms with Crippen LogP contribution in [0.1, 0.15) is 28.1 Å². The van der Waals surface area contributed by atoms with Gasteiger partial charge in [-0.2, -0.15) is 0 Å². The molecule has 26 heavy (non-hydrogen) atoms. The second-order valence-electron chi connectivity index (χ2n) is 5.85. The van der Waals surface area contributed by atoms with Gasteiger partial charge in [0.2, 0.25) is 10.0 Å². The summed E-state index contributed by atoms with van der Waals surface area (Å²) in [5.41, 5.74) is 0.418. The van der Waals surface area contributed by atoms with Crippen LogP contribution in [0.15, 0.2) is 47.4 Å². The average Bonchev–Trinajstić information content (AvgIpc) is 3.30. The van der Waals surface area contributed by atoms with E-state index in [9.17, 15) is 13.2 Å². The number of rotatable bonds is 7. The van der Waals surface area contributed by atoms with Gasteiger partial charge in [-0.3, -0.25) is 4.79 Å². The van der Waals surface area contributed by atoms with Crippen molar-refractivity contribution in [1.29, 1.82) is 0 Å². The molecule has 1 fully saturated rings. The van der Waals surface area contributed by atoms with Crippen molar-refractivity contribution in [3.8, 4) is 0 Å². The molecule has 0 aliphatic carbocycles. The minimum absolute atomic E-state index is 0.0680. The highest BCUT2D eigenvalue weighted by atomic mass is 35.5. The molecule has 2 heterocycles. The Morgan fingerprint density at radius 1 is 1.27 bits per heavy atom. The third-order valence-electron chi connectivity index (χ3n) is 3.97. The van der Waals surface area contributed by atoms with Crippen molar-refractivity contribution < 1.29 is 17.9 Å². The predicted molar refractivity (Wildman–Crippen MR) is 103 cm³/mol. The number of ketones is 1. The van der Waals surface area contributed by atoms with Crippen LogP contribution >= 0.6 is 22.9 Å². The van der Waals surface area contributed by atoms with Gasteiger partial charge in [0.15, 0.2) is 5.78 Å². The molecule has 1 saturated heterocycles.